The number of aryl methyl sites for hydroxylation is 1. The molecule has 0 spiro atoms. The Morgan fingerprint density at radius 3 is 3.07 bits per heavy atom. The van der Waals surface area contributed by atoms with Crippen molar-refractivity contribution in [2.24, 2.45) is 5.92 Å². The molecule has 0 saturated heterocycles. The molecule has 2 atom stereocenters. The summed E-state index contributed by atoms with van der Waals surface area (Å²) in [6, 6.07) is 0. The van der Waals surface area contributed by atoms with Gasteiger partial charge in [0.2, 0.25) is 0 Å². The van der Waals surface area contributed by atoms with Crippen LogP contribution in [0.4, 0.5) is 0 Å². The van der Waals surface area contributed by atoms with Gasteiger partial charge in [0.15, 0.2) is 0 Å². The van der Waals surface area contributed by atoms with Crippen LogP contribution >= 0.6 is 0 Å². The summed E-state index contributed by atoms with van der Waals surface area (Å²) in [6.45, 7) is 5.10. The minimum atomic E-state index is -0.697. The first-order chi connectivity index (χ1) is 7.18. The second-order valence-corrected chi connectivity index (χ2v) is 4.61. The van der Waals surface area contributed by atoms with E-state index in [0.29, 0.717) is 5.92 Å². The van der Waals surface area contributed by atoms with Crippen LogP contribution in [0.15, 0.2) is 12.4 Å². The van der Waals surface area contributed by atoms with Crippen molar-refractivity contribution in [3.63, 3.8) is 0 Å². The molecule has 1 aliphatic carbocycles. The topological polar surface area (TPSA) is 38.0 Å². The van der Waals surface area contributed by atoms with E-state index in [1.807, 2.05) is 6.20 Å². The Hall–Kier alpha value is -0.830. The van der Waals surface area contributed by atoms with Gasteiger partial charge in [-0.2, -0.15) is 0 Å². The number of imidazole rings is 1. The van der Waals surface area contributed by atoms with Gasteiger partial charge in [0.05, 0.1) is 0 Å². The monoisotopic (exact) mass is 208 g/mol. The molecule has 1 N–H and O–H groups in total. The molecule has 1 saturated carbocycles. The number of aromatic nitrogens is 2. The van der Waals surface area contributed by atoms with E-state index in [0.717, 1.165) is 31.6 Å². The predicted molar refractivity (Wildman–Crippen MR) is 59.4 cm³/mol. The minimum Gasteiger partial charge on any atom is -0.382 e. The van der Waals surface area contributed by atoms with E-state index in [1.54, 1.807) is 6.20 Å². The SMILES string of the molecule is CCn1ccnc1C1(O)CCCCC1C. The summed E-state index contributed by atoms with van der Waals surface area (Å²) < 4.78 is 2.06. The maximum Gasteiger partial charge on any atom is 0.141 e. The Morgan fingerprint density at radius 2 is 2.40 bits per heavy atom. The largest absolute Gasteiger partial charge is 0.382 e. The summed E-state index contributed by atoms with van der Waals surface area (Å²) in [6.07, 6.45) is 8.04. The summed E-state index contributed by atoms with van der Waals surface area (Å²) in [7, 11) is 0. The molecule has 0 amide bonds. The molecule has 3 heteroatoms. The van der Waals surface area contributed by atoms with Gasteiger partial charge in [-0.1, -0.05) is 19.8 Å². The van der Waals surface area contributed by atoms with Gasteiger partial charge in [-0.3, -0.25) is 0 Å². The van der Waals surface area contributed by atoms with Crippen molar-refractivity contribution < 1.29 is 5.11 Å². The fourth-order valence-corrected chi connectivity index (χ4v) is 2.61. The molecule has 1 aromatic heterocycles. The van der Waals surface area contributed by atoms with Crippen LogP contribution in [0.25, 0.3) is 0 Å². The second-order valence-electron chi connectivity index (χ2n) is 4.61. The predicted octanol–water partition coefficient (Wildman–Crippen LogP) is 2.30. The molecule has 0 radical (unpaired) electrons. The molecule has 2 unspecified atom stereocenters. The van der Waals surface area contributed by atoms with E-state index < -0.39 is 5.60 Å². The highest BCUT2D eigenvalue weighted by atomic mass is 16.3. The van der Waals surface area contributed by atoms with Crippen molar-refractivity contribution in [3.05, 3.63) is 18.2 Å². The number of aliphatic hydroxyl groups is 1. The van der Waals surface area contributed by atoms with Crippen molar-refractivity contribution in [2.75, 3.05) is 0 Å². The van der Waals surface area contributed by atoms with Gasteiger partial charge in [-0.25, -0.2) is 4.98 Å². The third kappa shape index (κ3) is 1.69. The molecule has 3 nitrogen and oxygen atoms in total. The number of hydrogen-bond acceptors (Lipinski definition) is 2. The van der Waals surface area contributed by atoms with Crippen molar-refractivity contribution in [1.82, 2.24) is 9.55 Å². The number of rotatable bonds is 2. The molecule has 0 aromatic carbocycles. The summed E-state index contributed by atoms with van der Waals surface area (Å²) in [5.41, 5.74) is -0.697. The maximum absolute atomic E-state index is 10.7. The van der Waals surface area contributed by atoms with Crippen LogP contribution in [0.1, 0.15) is 45.4 Å². The standard InChI is InChI=1S/C12H20N2O/c1-3-14-9-8-13-11(14)12(15)7-5-4-6-10(12)2/h8-10,15H,3-7H2,1-2H3. The van der Waals surface area contributed by atoms with Gasteiger partial charge in [0, 0.05) is 18.9 Å². The Morgan fingerprint density at radius 1 is 1.60 bits per heavy atom. The van der Waals surface area contributed by atoms with Crippen LogP contribution in [0, 0.1) is 5.92 Å². The van der Waals surface area contributed by atoms with Gasteiger partial charge in [-0.05, 0) is 25.7 Å². The fraction of sp³-hybridized carbons (Fsp3) is 0.750. The zero-order chi connectivity index (χ0) is 10.9. The Balaban J connectivity index is 2.34. The Bertz CT molecular complexity index is 334. The van der Waals surface area contributed by atoms with Crippen LogP contribution in [0.2, 0.25) is 0 Å². The van der Waals surface area contributed by atoms with Gasteiger partial charge in [0.1, 0.15) is 11.4 Å². The third-order valence-electron chi connectivity index (χ3n) is 3.70. The first kappa shape index (κ1) is 10.7. The van der Waals surface area contributed by atoms with Crippen molar-refractivity contribution in [3.8, 4) is 0 Å². The number of hydrogen-bond donors (Lipinski definition) is 1. The Kier molecular flexibility index (Phi) is 2.83. The molecule has 15 heavy (non-hydrogen) atoms. The quantitative estimate of drug-likeness (QED) is 0.809. The van der Waals surface area contributed by atoms with Crippen molar-refractivity contribution >= 4 is 0 Å². The molecule has 84 valence electrons. The number of nitrogens with zero attached hydrogens (tertiary/aromatic N) is 2. The van der Waals surface area contributed by atoms with E-state index in [9.17, 15) is 5.11 Å². The van der Waals surface area contributed by atoms with Crippen LogP contribution in [-0.2, 0) is 12.1 Å². The molecule has 2 rings (SSSR count). The van der Waals surface area contributed by atoms with E-state index in [2.05, 4.69) is 23.4 Å². The summed E-state index contributed by atoms with van der Waals surface area (Å²) in [4.78, 5) is 4.35. The van der Waals surface area contributed by atoms with E-state index in [-0.39, 0.29) is 0 Å². The first-order valence-corrected chi connectivity index (χ1v) is 5.92. The summed E-state index contributed by atoms with van der Waals surface area (Å²) >= 11 is 0. The van der Waals surface area contributed by atoms with E-state index in [4.69, 9.17) is 0 Å². The highest BCUT2D eigenvalue weighted by Crippen LogP contribution is 2.40. The van der Waals surface area contributed by atoms with Gasteiger partial charge >= 0.3 is 0 Å². The lowest BCUT2D eigenvalue weighted by Gasteiger charge is -2.37. The third-order valence-corrected chi connectivity index (χ3v) is 3.70. The van der Waals surface area contributed by atoms with Crippen LogP contribution in [0.5, 0.6) is 0 Å². The molecule has 1 fully saturated rings. The van der Waals surface area contributed by atoms with Crippen LogP contribution in [0.3, 0.4) is 0 Å². The summed E-state index contributed by atoms with van der Waals surface area (Å²) in [5.74, 6) is 1.18. The molecular formula is C12H20N2O. The van der Waals surface area contributed by atoms with Gasteiger partial charge in [-0.15, -0.1) is 0 Å². The molecular weight excluding hydrogens is 188 g/mol. The minimum absolute atomic E-state index is 0.318. The smallest absolute Gasteiger partial charge is 0.141 e. The van der Waals surface area contributed by atoms with Gasteiger partial charge in [0.25, 0.3) is 0 Å². The lowest BCUT2D eigenvalue weighted by Crippen LogP contribution is -2.39. The Labute approximate surface area is 91.1 Å². The maximum atomic E-state index is 10.7. The van der Waals surface area contributed by atoms with Crippen LogP contribution < -0.4 is 0 Å². The second kappa shape index (κ2) is 3.97. The molecule has 1 aromatic rings. The zero-order valence-electron chi connectivity index (χ0n) is 9.61. The summed E-state index contributed by atoms with van der Waals surface area (Å²) in [5, 5.41) is 10.7. The average molecular weight is 208 g/mol. The van der Waals surface area contributed by atoms with Crippen molar-refractivity contribution in [2.45, 2.75) is 51.7 Å². The highest BCUT2D eigenvalue weighted by Gasteiger charge is 2.40. The molecule has 0 aliphatic heterocycles. The highest BCUT2D eigenvalue weighted by molar-refractivity contribution is 5.08. The normalized spacial score (nSPS) is 31.8. The average Bonchev–Trinajstić information content (AvgIpc) is 2.71. The molecule has 0 bridgehead atoms. The van der Waals surface area contributed by atoms with E-state index >= 15 is 0 Å². The van der Waals surface area contributed by atoms with Gasteiger partial charge < -0.3 is 9.67 Å². The van der Waals surface area contributed by atoms with Crippen LogP contribution in [-0.4, -0.2) is 14.7 Å². The van der Waals surface area contributed by atoms with E-state index in [1.165, 1.54) is 6.42 Å². The first-order valence-electron chi connectivity index (χ1n) is 5.92. The zero-order valence-corrected chi connectivity index (χ0v) is 9.61. The lowest BCUT2D eigenvalue weighted by molar-refractivity contribution is -0.0569. The van der Waals surface area contributed by atoms with Crippen molar-refractivity contribution in [1.29, 1.82) is 0 Å². The fourth-order valence-electron chi connectivity index (χ4n) is 2.61. The molecule has 1 heterocycles. The molecule has 1 aliphatic rings. The lowest BCUT2D eigenvalue weighted by atomic mass is 9.76.